The van der Waals surface area contributed by atoms with Crippen LogP contribution >= 0.6 is 0 Å². The van der Waals surface area contributed by atoms with Gasteiger partial charge in [-0.25, -0.2) is 12.8 Å². The highest BCUT2D eigenvalue weighted by atomic mass is 32.2. The van der Waals surface area contributed by atoms with E-state index in [1.54, 1.807) is 18.2 Å². The highest BCUT2D eigenvalue weighted by molar-refractivity contribution is 7.91. The lowest BCUT2D eigenvalue weighted by Gasteiger charge is -2.04. The number of rotatable bonds is 4. The van der Waals surface area contributed by atoms with Crippen molar-refractivity contribution in [3.05, 3.63) is 42.2 Å². The summed E-state index contributed by atoms with van der Waals surface area (Å²) in [7, 11) is -3.47. The molecule has 2 N–H and O–H groups in total. The van der Waals surface area contributed by atoms with Gasteiger partial charge in [-0.3, -0.25) is 0 Å². The van der Waals surface area contributed by atoms with Crippen molar-refractivity contribution in [2.75, 3.05) is 12.3 Å². The predicted octanol–water partition coefficient (Wildman–Crippen LogP) is 1.27. The highest BCUT2D eigenvalue weighted by Gasteiger charge is 2.15. The first-order valence-electron chi connectivity index (χ1n) is 4.36. The van der Waals surface area contributed by atoms with E-state index in [4.69, 9.17) is 5.73 Å². The van der Waals surface area contributed by atoms with Crippen LogP contribution in [-0.2, 0) is 9.84 Å². The second kappa shape index (κ2) is 5.04. The molecule has 0 saturated carbocycles. The van der Waals surface area contributed by atoms with Gasteiger partial charge in [0.1, 0.15) is 0 Å². The largest absolute Gasteiger partial charge is 0.327 e. The molecule has 0 spiro atoms. The van der Waals surface area contributed by atoms with Gasteiger partial charge in [0, 0.05) is 6.54 Å². The maximum atomic E-state index is 12.2. The summed E-state index contributed by atoms with van der Waals surface area (Å²) in [5, 5.41) is 0. The van der Waals surface area contributed by atoms with E-state index in [0.717, 1.165) is 0 Å². The van der Waals surface area contributed by atoms with Crippen LogP contribution in [0.5, 0.6) is 0 Å². The second-order valence-corrected chi connectivity index (χ2v) is 5.03. The number of halogens is 1. The van der Waals surface area contributed by atoms with Crippen molar-refractivity contribution in [1.29, 1.82) is 0 Å². The van der Waals surface area contributed by atoms with Crippen LogP contribution in [0.25, 0.3) is 0 Å². The maximum Gasteiger partial charge on any atom is 0.182 e. The lowest BCUT2D eigenvalue weighted by Crippen LogP contribution is -2.14. The molecular weight excluding hydrogens is 217 g/mol. The third-order valence-electron chi connectivity index (χ3n) is 1.89. The molecule has 5 heteroatoms. The highest BCUT2D eigenvalue weighted by Crippen LogP contribution is 2.12. The number of hydrogen-bond donors (Lipinski definition) is 1. The molecule has 0 aliphatic rings. The minimum atomic E-state index is -3.47. The van der Waals surface area contributed by atoms with Gasteiger partial charge in [0.25, 0.3) is 0 Å². The second-order valence-electron chi connectivity index (χ2n) is 3.04. The topological polar surface area (TPSA) is 60.2 Å². The summed E-state index contributed by atoms with van der Waals surface area (Å²) in [5.74, 6) is -0.371. The van der Waals surface area contributed by atoms with Crippen molar-refractivity contribution in [2.45, 2.75) is 4.90 Å². The normalized spacial score (nSPS) is 12.8. The fraction of sp³-hybridized carbons (Fsp3) is 0.200. The predicted molar refractivity (Wildman–Crippen MR) is 56.7 cm³/mol. The zero-order valence-corrected chi connectivity index (χ0v) is 8.87. The monoisotopic (exact) mass is 229 g/mol. The molecule has 1 rings (SSSR count). The Labute approximate surface area is 88.3 Å². The van der Waals surface area contributed by atoms with E-state index in [1.807, 2.05) is 0 Å². The standard InChI is InChI=1S/C10H12FNO2S/c11-6-9(7-12)8-15(13,14)10-4-2-1-3-5-10/h1-6H,7-8,12H2/b9-6+. The fourth-order valence-electron chi connectivity index (χ4n) is 1.09. The van der Waals surface area contributed by atoms with E-state index in [-0.39, 0.29) is 29.1 Å². The Morgan fingerprint density at radius 1 is 1.33 bits per heavy atom. The molecule has 0 saturated heterocycles. The first kappa shape index (κ1) is 11.9. The molecule has 0 bridgehead atoms. The van der Waals surface area contributed by atoms with E-state index in [9.17, 15) is 12.8 Å². The minimum absolute atomic E-state index is 0.0684. The summed E-state index contributed by atoms with van der Waals surface area (Å²) >= 11 is 0. The van der Waals surface area contributed by atoms with Crippen LogP contribution in [0, 0.1) is 0 Å². The molecule has 0 unspecified atom stereocenters. The maximum absolute atomic E-state index is 12.2. The molecule has 1 aromatic carbocycles. The van der Waals surface area contributed by atoms with Crippen molar-refractivity contribution in [3.63, 3.8) is 0 Å². The van der Waals surface area contributed by atoms with Crippen molar-refractivity contribution < 1.29 is 12.8 Å². The quantitative estimate of drug-likeness (QED) is 0.845. The summed E-state index contributed by atoms with van der Waals surface area (Å²) in [4.78, 5) is 0.179. The zero-order valence-electron chi connectivity index (χ0n) is 8.06. The van der Waals surface area contributed by atoms with Crippen LogP contribution in [0.4, 0.5) is 4.39 Å². The number of nitrogens with two attached hydrogens (primary N) is 1. The lowest BCUT2D eigenvalue weighted by atomic mass is 10.3. The van der Waals surface area contributed by atoms with Crippen LogP contribution in [0.1, 0.15) is 0 Å². The van der Waals surface area contributed by atoms with Gasteiger partial charge in [0.2, 0.25) is 0 Å². The van der Waals surface area contributed by atoms with Gasteiger partial charge in [0.15, 0.2) is 9.84 Å². The van der Waals surface area contributed by atoms with Gasteiger partial charge < -0.3 is 5.73 Å². The number of benzene rings is 1. The van der Waals surface area contributed by atoms with Gasteiger partial charge in [-0.1, -0.05) is 18.2 Å². The van der Waals surface area contributed by atoms with E-state index in [0.29, 0.717) is 0 Å². The van der Waals surface area contributed by atoms with Crippen molar-refractivity contribution in [2.24, 2.45) is 5.73 Å². The molecule has 0 amide bonds. The molecule has 15 heavy (non-hydrogen) atoms. The third kappa shape index (κ3) is 3.14. The molecule has 0 aliphatic carbocycles. The molecule has 0 aromatic heterocycles. The van der Waals surface area contributed by atoms with Gasteiger partial charge in [-0.05, 0) is 17.7 Å². The van der Waals surface area contributed by atoms with Crippen LogP contribution in [-0.4, -0.2) is 20.7 Å². The Morgan fingerprint density at radius 3 is 2.40 bits per heavy atom. The molecule has 1 aromatic rings. The molecule has 0 heterocycles. The van der Waals surface area contributed by atoms with Crippen molar-refractivity contribution in [3.8, 4) is 0 Å². The van der Waals surface area contributed by atoms with Crippen LogP contribution in [0.15, 0.2) is 47.1 Å². The Kier molecular flexibility index (Phi) is 3.99. The first-order chi connectivity index (χ1) is 7.10. The Bertz CT molecular complexity index is 440. The molecule has 0 radical (unpaired) electrons. The Morgan fingerprint density at radius 2 is 1.93 bits per heavy atom. The molecular formula is C10H12FNO2S. The van der Waals surface area contributed by atoms with Gasteiger partial charge in [-0.15, -0.1) is 0 Å². The zero-order chi connectivity index (χ0) is 11.3. The van der Waals surface area contributed by atoms with Crippen molar-refractivity contribution in [1.82, 2.24) is 0 Å². The van der Waals surface area contributed by atoms with E-state index in [2.05, 4.69) is 0 Å². The van der Waals surface area contributed by atoms with Gasteiger partial charge in [0.05, 0.1) is 17.0 Å². The summed E-state index contributed by atoms with van der Waals surface area (Å²) in [5.41, 5.74) is 5.26. The SMILES string of the molecule is NC/C(=C\F)CS(=O)(=O)c1ccccc1. The molecule has 82 valence electrons. The van der Waals surface area contributed by atoms with Crippen LogP contribution in [0.2, 0.25) is 0 Å². The summed E-state index contributed by atoms with van der Waals surface area (Å²) in [6.45, 7) is -0.0947. The lowest BCUT2D eigenvalue weighted by molar-refractivity contribution is 0.596. The fourth-order valence-corrected chi connectivity index (χ4v) is 2.50. The van der Waals surface area contributed by atoms with Gasteiger partial charge in [-0.2, -0.15) is 0 Å². The van der Waals surface area contributed by atoms with Crippen LogP contribution in [0.3, 0.4) is 0 Å². The molecule has 3 nitrogen and oxygen atoms in total. The first-order valence-corrected chi connectivity index (χ1v) is 6.01. The summed E-state index contributed by atoms with van der Waals surface area (Å²) in [6.07, 6.45) is 0.250. The average Bonchev–Trinajstić information content (AvgIpc) is 2.27. The van der Waals surface area contributed by atoms with E-state index >= 15 is 0 Å². The van der Waals surface area contributed by atoms with E-state index < -0.39 is 9.84 Å². The number of sulfone groups is 1. The van der Waals surface area contributed by atoms with Gasteiger partial charge >= 0.3 is 0 Å². The smallest absolute Gasteiger partial charge is 0.182 e. The third-order valence-corrected chi connectivity index (χ3v) is 3.64. The average molecular weight is 229 g/mol. The molecule has 0 aliphatic heterocycles. The minimum Gasteiger partial charge on any atom is -0.327 e. The van der Waals surface area contributed by atoms with E-state index in [1.165, 1.54) is 12.1 Å². The molecule has 0 atom stereocenters. The number of hydrogen-bond acceptors (Lipinski definition) is 3. The van der Waals surface area contributed by atoms with Crippen LogP contribution < -0.4 is 5.73 Å². The summed E-state index contributed by atoms with van der Waals surface area (Å²) in [6, 6.07) is 7.90. The van der Waals surface area contributed by atoms with Crippen molar-refractivity contribution >= 4 is 9.84 Å². The Hall–Kier alpha value is -1.20. The Balaban J connectivity index is 2.95. The molecule has 0 fully saturated rings. The summed E-state index contributed by atoms with van der Waals surface area (Å²) < 4.78 is 35.6.